The minimum Gasteiger partial charge on any atom is -0.256 e. The fourth-order valence-electron chi connectivity index (χ4n) is 1.63. The summed E-state index contributed by atoms with van der Waals surface area (Å²) in [4.78, 5) is 7.58. The standard InChI is InChI=1S/C10H9F3N2S/c1-6-4-7(9-14-2-3-16-9)5-15-8(6)10(11,12)13/h2-3,5-6H,4H2,1H3/t6-/m1/s1. The third kappa shape index (κ3) is 2.16. The molecular formula is C10H9F3N2S. The van der Waals surface area contributed by atoms with E-state index < -0.39 is 17.8 Å². The van der Waals surface area contributed by atoms with Gasteiger partial charge in [0.1, 0.15) is 10.7 Å². The monoisotopic (exact) mass is 246 g/mol. The van der Waals surface area contributed by atoms with Crippen molar-refractivity contribution < 1.29 is 13.2 Å². The summed E-state index contributed by atoms with van der Waals surface area (Å²) >= 11 is 1.41. The maximum Gasteiger partial charge on any atom is 0.429 e. The van der Waals surface area contributed by atoms with Gasteiger partial charge in [-0.1, -0.05) is 6.92 Å². The number of thiazole rings is 1. The molecule has 0 bridgehead atoms. The Bertz CT molecular complexity index is 431. The van der Waals surface area contributed by atoms with Crippen molar-refractivity contribution in [3.63, 3.8) is 0 Å². The van der Waals surface area contributed by atoms with Gasteiger partial charge in [-0.2, -0.15) is 13.2 Å². The van der Waals surface area contributed by atoms with Crippen LogP contribution in [-0.4, -0.2) is 16.9 Å². The van der Waals surface area contributed by atoms with Crippen molar-refractivity contribution in [1.29, 1.82) is 0 Å². The Kier molecular flexibility index (Phi) is 2.84. The Morgan fingerprint density at radius 1 is 1.44 bits per heavy atom. The quantitative estimate of drug-likeness (QED) is 0.744. The predicted octanol–water partition coefficient (Wildman–Crippen LogP) is 3.53. The molecule has 2 nitrogen and oxygen atoms in total. The lowest BCUT2D eigenvalue weighted by atomic mass is 9.94. The third-order valence-corrected chi connectivity index (χ3v) is 3.20. The SMILES string of the molecule is C[C@@H]1CC(c2nccs2)=CN=C1C(F)(F)F. The largest absolute Gasteiger partial charge is 0.429 e. The number of hydrogen-bond donors (Lipinski definition) is 0. The number of halogens is 3. The highest BCUT2D eigenvalue weighted by Gasteiger charge is 2.40. The molecule has 1 aliphatic rings. The summed E-state index contributed by atoms with van der Waals surface area (Å²) in [6.07, 6.45) is -1.08. The fraction of sp³-hybridized carbons (Fsp3) is 0.400. The molecule has 86 valence electrons. The lowest BCUT2D eigenvalue weighted by Gasteiger charge is -2.21. The van der Waals surface area contributed by atoms with E-state index in [1.54, 1.807) is 11.6 Å². The molecule has 16 heavy (non-hydrogen) atoms. The van der Waals surface area contributed by atoms with Crippen LogP contribution in [0.15, 0.2) is 22.8 Å². The number of aliphatic imine (C=N–C) groups is 1. The van der Waals surface area contributed by atoms with E-state index in [9.17, 15) is 13.2 Å². The Morgan fingerprint density at radius 2 is 2.19 bits per heavy atom. The minimum atomic E-state index is -4.33. The van der Waals surface area contributed by atoms with Crippen LogP contribution >= 0.6 is 11.3 Å². The fourth-order valence-corrected chi connectivity index (χ4v) is 2.29. The van der Waals surface area contributed by atoms with Crippen LogP contribution in [0.4, 0.5) is 13.2 Å². The predicted molar refractivity (Wildman–Crippen MR) is 57.4 cm³/mol. The van der Waals surface area contributed by atoms with Crippen LogP contribution in [0.5, 0.6) is 0 Å². The highest BCUT2D eigenvalue weighted by Crippen LogP contribution is 2.33. The number of hydrogen-bond acceptors (Lipinski definition) is 3. The van der Waals surface area contributed by atoms with Crippen molar-refractivity contribution in [2.75, 3.05) is 0 Å². The van der Waals surface area contributed by atoms with E-state index in [1.165, 1.54) is 24.5 Å². The van der Waals surface area contributed by atoms with Crippen molar-refractivity contribution in [2.24, 2.45) is 10.9 Å². The van der Waals surface area contributed by atoms with Crippen LogP contribution < -0.4 is 0 Å². The summed E-state index contributed by atoms with van der Waals surface area (Å²) in [7, 11) is 0. The highest BCUT2D eigenvalue weighted by atomic mass is 32.1. The summed E-state index contributed by atoms with van der Waals surface area (Å²) in [6.45, 7) is 1.53. The summed E-state index contributed by atoms with van der Waals surface area (Å²) in [5.41, 5.74) is 0.0725. The van der Waals surface area contributed by atoms with Gasteiger partial charge in [0.2, 0.25) is 0 Å². The molecule has 0 aromatic carbocycles. The van der Waals surface area contributed by atoms with Crippen LogP contribution in [0, 0.1) is 5.92 Å². The molecule has 6 heteroatoms. The molecule has 1 aromatic heterocycles. The molecule has 2 heterocycles. The van der Waals surface area contributed by atoms with Crippen molar-refractivity contribution in [1.82, 2.24) is 4.98 Å². The Balaban J connectivity index is 2.30. The zero-order valence-corrected chi connectivity index (χ0v) is 9.27. The molecule has 1 aliphatic heterocycles. The summed E-state index contributed by atoms with van der Waals surface area (Å²) in [5.74, 6) is -0.608. The number of allylic oxidation sites excluding steroid dienone is 1. The van der Waals surface area contributed by atoms with Gasteiger partial charge in [-0.3, -0.25) is 4.99 Å². The van der Waals surface area contributed by atoms with E-state index in [2.05, 4.69) is 9.98 Å². The van der Waals surface area contributed by atoms with Gasteiger partial charge in [-0.15, -0.1) is 11.3 Å². The first-order chi connectivity index (χ1) is 7.48. The average Bonchev–Trinajstić information content (AvgIpc) is 2.68. The number of alkyl halides is 3. The summed E-state index contributed by atoms with van der Waals surface area (Å²) < 4.78 is 37.5. The van der Waals surface area contributed by atoms with E-state index in [0.717, 1.165) is 10.6 Å². The molecule has 0 unspecified atom stereocenters. The Morgan fingerprint density at radius 3 is 2.69 bits per heavy atom. The normalized spacial score (nSPS) is 21.6. The van der Waals surface area contributed by atoms with Gasteiger partial charge in [-0.25, -0.2) is 4.98 Å². The first-order valence-corrected chi connectivity index (χ1v) is 5.60. The molecule has 0 radical (unpaired) electrons. The Labute approximate surface area is 94.5 Å². The topological polar surface area (TPSA) is 25.2 Å². The first kappa shape index (κ1) is 11.3. The molecule has 0 N–H and O–H groups in total. The van der Waals surface area contributed by atoms with Gasteiger partial charge in [0.25, 0.3) is 0 Å². The van der Waals surface area contributed by atoms with Gasteiger partial charge in [0.05, 0.1) is 0 Å². The van der Waals surface area contributed by atoms with E-state index in [0.29, 0.717) is 6.42 Å². The van der Waals surface area contributed by atoms with Crippen molar-refractivity contribution in [3.05, 3.63) is 22.8 Å². The average molecular weight is 246 g/mol. The van der Waals surface area contributed by atoms with Crippen LogP contribution in [0.25, 0.3) is 5.57 Å². The maximum absolute atomic E-state index is 12.5. The second-order valence-electron chi connectivity index (χ2n) is 3.61. The molecule has 1 aromatic rings. The molecule has 0 saturated carbocycles. The van der Waals surface area contributed by atoms with Crippen LogP contribution in [0.3, 0.4) is 0 Å². The smallest absolute Gasteiger partial charge is 0.256 e. The minimum absolute atomic E-state index is 0.339. The second kappa shape index (κ2) is 4.01. The van der Waals surface area contributed by atoms with Gasteiger partial charge in [0, 0.05) is 29.3 Å². The number of nitrogens with zero attached hydrogens (tertiary/aromatic N) is 2. The Hall–Kier alpha value is -1.17. The molecular weight excluding hydrogens is 237 g/mol. The molecule has 0 fully saturated rings. The maximum atomic E-state index is 12.5. The van der Waals surface area contributed by atoms with Crippen LogP contribution in [0.2, 0.25) is 0 Å². The van der Waals surface area contributed by atoms with Crippen molar-refractivity contribution >= 4 is 22.6 Å². The van der Waals surface area contributed by atoms with Crippen molar-refractivity contribution in [3.8, 4) is 0 Å². The lowest BCUT2D eigenvalue weighted by molar-refractivity contribution is -0.0626. The molecule has 0 amide bonds. The van der Waals surface area contributed by atoms with E-state index in [4.69, 9.17) is 0 Å². The van der Waals surface area contributed by atoms with Gasteiger partial charge in [0.15, 0.2) is 0 Å². The van der Waals surface area contributed by atoms with Crippen molar-refractivity contribution in [2.45, 2.75) is 19.5 Å². The third-order valence-electron chi connectivity index (χ3n) is 2.35. The molecule has 0 aliphatic carbocycles. The lowest BCUT2D eigenvalue weighted by Crippen LogP contribution is -2.30. The molecule has 1 atom stereocenters. The zero-order chi connectivity index (χ0) is 11.8. The molecule has 0 spiro atoms. The summed E-state index contributed by atoms with van der Waals surface area (Å²) in [5, 5.41) is 2.54. The van der Waals surface area contributed by atoms with Gasteiger partial charge < -0.3 is 0 Å². The van der Waals surface area contributed by atoms with E-state index in [1.807, 2.05) is 0 Å². The number of rotatable bonds is 1. The van der Waals surface area contributed by atoms with E-state index in [-0.39, 0.29) is 0 Å². The summed E-state index contributed by atoms with van der Waals surface area (Å²) in [6, 6.07) is 0. The highest BCUT2D eigenvalue weighted by molar-refractivity contribution is 7.10. The van der Waals surface area contributed by atoms with Crippen LogP contribution in [0.1, 0.15) is 18.4 Å². The zero-order valence-electron chi connectivity index (χ0n) is 8.45. The van der Waals surface area contributed by atoms with Gasteiger partial charge >= 0.3 is 6.18 Å². The first-order valence-electron chi connectivity index (χ1n) is 4.72. The van der Waals surface area contributed by atoms with E-state index >= 15 is 0 Å². The second-order valence-corrected chi connectivity index (χ2v) is 4.50. The van der Waals surface area contributed by atoms with Crippen LogP contribution in [-0.2, 0) is 0 Å². The molecule has 0 saturated heterocycles. The van der Waals surface area contributed by atoms with Gasteiger partial charge in [-0.05, 0) is 6.42 Å². The molecule has 2 rings (SSSR count). The number of aromatic nitrogens is 1.